The number of aryl methyl sites for hydroxylation is 2. The second-order valence-corrected chi connectivity index (χ2v) is 6.11. The van der Waals surface area contributed by atoms with E-state index in [0.29, 0.717) is 12.0 Å². The van der Waals surface area contributed by atoms with Crippen molar-refractivity contribution in [1.82, 2.24) is 10.3 Å². The first-order valence-corrected chi connectivity index (χ1v) is 7.97. The van der Waals surface area contributed by atoms with Gasteiger partial charge in [0, 0.05) is 23.0 Å². The molecule has 3 aromatic rings. The molecular weight excluding hydrogens is 300 g/mol. The SMILES string of the molecule is Cc1cc(C)c2cc(CNC(=O)Cc3ccccc3)c(=O)[nH]c2c1. The number of benzene rings is 2. The molecule has 0 saturated carbocycles. The molecule has 0 radical (unpaired) electrons. The molecule has 0 bridgehead atoms. The summed E-state index contributed by atoms with van der Waals surface area (Å²) >= 11 is 0. The van der Waals surface area contributed by atoms with Gasteiger partial charge in [0.25, 0.3) is 5.56 Å². The fourth-order valence-corrected chi connectivity index (χ4v) is 2.89. The summed E-state index contributed by atoms with van der Waals surface area (Å²) in [5.74, 6) is -0.0960. The smallest absolute Gasteiger partial charge is 0.253 e. The van der Waals surface area contributed by atoms with Crippen molar-refractivity contribution in [3.05, 3.63) is 81.1 Å². The van der Waals surface area contributed by atoms with Crippen LogP contribution in [0.5, 0.6) is 0 Å². The Bertz CT molecular complexity index is 943. The lowest BCUT2D eigenvalue weighted by atomic mass is 10.0. The molecule has 1 aromatic heterocycles. The van der Waals surface area contributed by atoms with Crippen molar-refractivity contribution in [3.63, 3.8) is 0 Å². The minimum atomic E-state index is -0.160. The van der Waals surface area contributed by atoms with Gasteiger partial charge in [-0.05, 0) is 42.7 Å². The lowest BCUT2D eigenvalue weighted by Gasteiger charge is -2.08. The Balaban J connectivity index is 1.76. The van der Waals surface area contributed by atoms with Crippen LogP contribution < -0.4 is 10.9 Å². The van der Waals surface area contributed by atoms with Gasteiger partial charge in [-0.1, -0.05) is 36.4 Å². The number of hydrogen-bond acceptors (Lipinski definition) is 2. The molecule has 3 rings (SSSR count). The minimum absolute atomic E-state index is 0.0960. The lowest BCUT2D eigenvalue weighted by molar-refractivity contribution is -0.120. The van der Waals surface area contributed by atoms with Crippen LogP contribution in [0, 0.1) is 13.8 Å². The van der Waals surface area contributed by atoms with Crippen molar-refractivity contribution in [2.75, 3.05) is 0 Å². The molecule has 0 unspecified atom stereocenters. The van der Waals surface area contributed by atoms with Gasteiger partial charge >= 0.3 is 0 Å². The first-order chi connectivity index (χ1) is 11.5. The van der Waals surface area contributed by atoms with Crippen molar-refractivity contribution >= 4 is 16.8 Å². The van der Waals surface area contributed by atoms with E-state index < -0.39 is 0 Å². The molecule has 122 valence electrons. The minimum Gasteiger partial charge on any atom is -0.352 e. The Hall–Kier alpha value is -2.88. The second-order valence-electron chi connectivity index (χ2n) is 6.11. The van der Waals surface area contributed by atoms with Gasteiger partial charge in [-0.3, -0.25) is 9.59 Å². The van der Waals surface area contributed by atoms with Crippen LogP contribution in [0.15, 0.2) is 53.3 Å². The molecule has 2 N–H and O–H groups in total. The summed E-state index contributed by atoms with van der Waals surface area (Å²) in [6, 6.07) is 15.5. The van der Waals surface area contributed by atoms with Gasteiger partial charge in [-0.2, -0.15) is 0 Å². The van der Waals surface area contributed by atoms with Crippen molar-refractivity contribution in [1.29, 1.82) is 0 Å². The van der Waals surface area contributed by atoms with Crippen molar-refractivity contribution in [2.24, 2.45) is 0 Å². The monoisotopic (exact) mass is 320 g/mol. The molecule has 4 nitrogen and oxygen atoms in total. The quantitative estimate of drug-likeness (QED) is 0.776. The third-order valence-electron chi connectivity index (χ3n) is 4.07. The Morgan fingerprint density at radius 2 is 1.83 bits per heavy atom. The van der Waals surface area contributed by atoms with Crippen LogP contribution in [0.25, 0.3) is 10.9 Å². The van der Waals surface area contributed by atoms with Crippen molar-refractivity contribution in [3.8, 4) is 0 Å². The van der Waals surface area contributed by atoms with E-state index >= 15 is 0 Å². The number of carbonyl (C=O) groups excluding carboxylic acids is 1. The highest BCUT2D eigenvalue weighted by molar-refractivity contribution is 5.83. The van der Waals surface area contributed by atoms with Crippen LogP contribution in [-0.2, 0) is 17.8 Å². The molecule has 0 spiro atoms. The predicted octanol–water partition coefficient (Wildman–Crippen LogP) is 3.00. The third kappa shape index (κ3) is 3.54. The Morgan fingerprint density at radius 1 is 1.08 bits per heavy atom. The van der Waals surface area contributed by atoms with E-state index in [9.17, 15) is 9.59 Å². The van der Waals surface area contributed by atoms with Gasteiger partial charge in [0.15, 0.2) is 0 Å². The highest BCUT2D eigenvalue weighted by Gasteiger charge is 2.08. The molecule has 0 aliphatic rings. The standard InChI is InChI=1S/C20H20N2O2/c1-13-8-14(2)17-11-16(20(24)22-18(17)9-13)12-21-19(23)10-15-6-4-3-5-7-15/h3-9,11H,10,12H2,1-2H3,(H,21,23)(H,22,24). The molecule has 1 amide bonds. The van der Waals surface area contributed by atoms with Gasteiger partial charge in [0.2, 0.25) is 5.91 Å². The fraction of sp³-hybridized carbons (Fsp3) is 0.200. The summed E-state index contributed by atoms with van der Waals surface area (Å²) in [6.45, 7) is 4.25. The van der Waals surface area contributed by atoms with E-state index in [-0.39, 0.29) is 18.0 Å². The number of aromatic amines is 1. The summed E-state index contributed by atoms with van der Waals surface area (Å²) in [6.07, 6.45) is 0.310. The number of aromatic nitrogens is 1. The average molecular weight is 320 g/mol. The molecule has 24 heavy (non-hydrogen) atoms. The van der Waals surface area contributed by atoms with Gasteiger partial charge in [0.1, 0.15) is 0 Å². The van der Waals surface area contributed by atoms with Crippen LogP contribution in [-0.4, -0.2) is 10.9 Å². The number of hydrogen-bond donors (Lipinski definition) is 2. The van der Waals surface area contributed by atoms with Gasteiger partial charge < -0.3 is 10.3 Å². The molecule has 0 aliphatic heterocycles. The van der Waals surface area contributed by atoms with Gasteiger partial charge in [0.05, 0.1) is 6.42 Å². The van der Waals surface area contributed by atoms with Crippen LogP contribution in [0.3, 0.4) is 0 Å². The maximum Gasteiger partial charge on any atom is 0.253 e. The summed E-state index contributed by atoms with van der Waals surface area (Å²) in [4.78, 5) is 27.2. The van der Waals surface area contributed by atoms with Crippen LogP contribution >= 0.6 is 0 Å². The van der Waals surface area contributed by atoms with Crippen molar-refractivity contribution in [2.45, 2.75) is 26.8 Å². The summed E-state index contributed by atoms with van der Waals surface area (Å²) in [5, 5.41) is 3.83. The number of nitrogens with one attached hydrogen (secondary N) is 2. The molecule has 1 heterocycles. The topological polar surface area (TPSA) is 62.0 Å². The highest BCUT2D eigenvalue weighted by atomic mass is 16.1. The van der Waals surface area contributed by atoms with E-state index in [1.54, 1.807) is 0 Å². The number of pyridine rings is 1. The zero-order chi connectivity index (χ0) is 17.1. The van der Waals surface area contributed by atoms with Crippen LogP contribution in [0.4, 0.5) is 0 Å². The summed E-state index contributed by atoms with van der Waals surface area (Å²) < 4.78 is 0. The van der Waals surface area contributed by atoms with Crippen LogP contribution in [0.2, 0.25) is 0 Å². The molecule has 0 aliphatic carbocycles. The molecular formula is C20H20N2O2. The average Bonchev–Trinajstić information content (AvgIpc) is 2.54. The largest absolute Gasteiger partial charge is 0.352 e. The first-order valence-electron chi connectivity index (χ1n) is 7.97. The zero-order valence-electron chi connectivity index (χ0n) is 13.8. The molecule has 0 saturated heterocycles. The molecule has 2 aromatic carbocycles. The lowest BCUT2D eigenvalue weighted by Crippen LogP contribution is -2.28. The normalized spacial score (nSPS) is 10.8. The van der Waals surface area contributed by atoms with E-state index in [4.69, 9.17) is 0 Å². The summed E-state index contributed by atoms with van der Waals surface area (Å²) in [5.41, 5.74) is 4.41. The van der Waals surface area contributed by atoms with E-state index in [0.717, 1.165) is 27.6 Å². The van der Waals surface area contributed by atoms with E-state index in [2.05, 4.69) is 16.4 Å². The van der Waals surface area contributed by atoms with Gasteiger partial charge in [-0.15, -0.1) is 0 Å². The number of carbonyl (C=O) groups is 1. The third-order valence-corrected chi connectivity index (χ3v) is 4.07. The number of amides is 1. The Kier molecular flexibility index (Phi) is 4.47. The Morgan fingerprint density at radius 3 is 2.58 bits per heavy atom. The maximum absolute atomic E-state index is 12.2. The van der Waals surface area contributed by atoms with Gasteiger partial charge in [-0.25, -0.2) is 0 Å². The Labute approximate surface area is 140 Å². The van der Waals surface area contributed by atoms with Crippen LogP contribution in [0.1, 0.15) is 22.3 Å². The summed E-state index contributed by atoms with van der Waals surface area (Å²) in [7, 11) is 0. The molecule has 0 fully saturated rings. The zero-order valence-corrected chi connectivity index (χ0v) is 13.8. The fourth-order valence-electron chi connectivity index (χ4n) is 2.89. The predicted molar refractivity (Wildman–Crippen MR) is 96.0 cm³/mol. The number of rotatable bonds is 4. The number of H-pyrrole nitrogens is 1. The first kappa shape index (κ1) is 16.0. The van der Waals surface area contributed by atoms with Crippen molar-refractivity contribution < 1.29 is 4.79 Å². The van der Waals surface area contributed by atoms with E-state index in [1.165, 1.54) is 0 Å². The van der Waals surface area contributed by atoms with E-state index in [1.807, 2.05) is 56.3 Å². The molecule has 4 heteroatoms. The number of fused-ring (bicyclic) bond motifs is 1. The molecule has 0 atom stereocenters. The second kappa shape index (κ2) is 6.71. The highest BCUT2D eigenvalue weighted by Crippen LogP contribution is 2.18. The maximum atomic E-state index is 12.2.